The maximum Gasteiger partial charge on any atom is 0.146 e. The molecule has 0 bridgehead atoms. The number of nitrogens with one attached hydrogen (secondary N) is 1. The van der Waals surface area contributed by atoms with E-state index in [0.29, 0.717) is 36.2 Å². The molecule has 0 saturated heterocycles. The fraction of sp³-hybridized carbons (Fsp3) is 0.500. The van der Waals surface area contributed by atoms with Gasteiger partial charge in [-0.15, -0.1) is 0 Å². The second-order valence-corrected chi connectivity index (χ2v) is 4.35. The Hall–Kier alpha value is -1.35. The summed E-state index contributed by atoms with van der Waals surface area (Å²) in [6.07, 6.45) is 1.56. The van der Waals surface area contributed by atoms with E-state index in [-0.39, 0.29) is 0 Å². The smallest absolute Gasteiger partial charge is 0.146 e. The number of nitriles is 1. The molecule has 0 atom stereocenters. The van der Waals surface area contributed by atoms with Crippen LogP contribution in [0.1, 0.15) is 5.56 Å². The Labute approximate surface area is 112 Å². The topological polar surface area (TPSA) is 61.2 Å². The third-order valence-corrected chi connectivity index (χ3v) is 2.61. The Morgan fingerprint density at radius 1 is 1.50 bits per heavy atom. The van der Waals surface area contributed by atoms with Gasteiger partial charge in [0.05, 0.1) is 18.8 Å². The van der Waals surface area contributed by atoms with Crippen LogP contribution in [0.25, 0.3) is 0 Å². The highest BCUT2D eigenvalue weighted by Gasteiger charge is 2.05. The van der Waals surface area contributed by atoms with Gasteiger partial charge in [0.2, 0.25) is 0 Å². The summed E-state index contributed by atoms with van der Waals surface area (Å²) in [4.78, 5) is 6.13. The van der Waals surface area contributed by atoms with Gasteiger partial charge in [-0.2, -0.15) is 5.26 Å². The monoisotopic (exact) mass is 268 g/mol. The first-order valence-electron chi connectivity index (χ1n) is 5.66. The summed E-state index contributed by atoms with van der Waals surface area (Å²) in [6.45, 7) is 2.76. The Kier molecular flexibility index (Phi) is 6.44. The van der Waals surface area contributed by atoms with E-state index < -0.39 is 0 Å². The van der Waals surface area contributed by atoms with Gasteiger partial charge < -0.3 is 15.0 Å². The number of hydrogen-bond acceptors (Lipinski definition) is 5. The van der Waals surface area contributed by atoms with Gasteiger partial charge in [0.25, 0.3) is 0 Å². The van der Waals surface area contributed by atoms with Crippen molar-refractivity contribution >= 4 is 17.4 Å². The Morgan fingerprint density at radius 3 is 2.94 bits per heavy atom. The van der Waals surface area contributed by atoms with Crippen molar-refractivity contribution < 1.29 is 4.74 Å². The van der Waals surface area contributed by atoms with Crippen molar-refractivity contribution in [3.05, 3.63) is 22.8 Å². The van der Waals surface area contributed by atoms with Crippen molar-refractivity contribution in [3.63, 3.8) is 0 Å². The van der Waals surface area contributed by atoms with Crippen LogP contribution in [0, 0.1) is 11.3 Å². The standard InChI is InChI=1S/C12H17ClN4O/c1-17(2)6-8-18-7-5-16-12-11(13)10(9-14)3-4-15-12/h3-4H,5-8H2,1-2H3,(H,15,16). The summed E-state index contributed by atoms with van der Waals surface area (Å²) in [5.74, 6) is 0.520. The van der Waals surface area contributed by atoms with Gasteiger partial charge in [-0.1, -0.05) is 11.6 Å². The number of anilines is 1. The van der Waals surface area contributed by atoms with Crippen molar-refractivity contribution in [1.82, 2.24) is 9.88 Å². The lowest BCUT2D eigenvalue weighted by atomic mass is 10.3. The van der Waals surface area contributed by atoms with Crippen LogP contribution < -0.4 is 5.32 Å². The molecule has 18 heavy (non-hydrogen) atoms. The quantitative estimate of drug-likeness (QED) is 0.761. The van der Waals surface area contributed by atoms with Gasteiger partial charge in [-0.05, 0) is 20.2 Å². The molecule has 0 fully saturated rings. The zero-order valence-corrected chi connectivity index (χ0v) is 11.4. The average Bonchev–Trinajstić information content (AvgIpc) is 2.35. The number of nitrogens with zero attached hydrogens (tertiary/aromatic N) is 3. The minimum atomic E-state index is 0.355. The van der Waals surface area contributed by atoms with Gasteiger partial charge in [0.1, 0.15) is 16.9 Å². The van der Waals surface area contributed by atoms with Gasteiger partial charge >= 0.3 is 0 Å². The van der Waals surface area contributed by atoms with Crippen molar-refractivity contribution in [2.75, 3.05) is 45.7 Å². The minimum absolute atomic E-state index is 0.355. The predicted molar refractivity (Wildman–Crippen MR) is 71.8 cm³/mol. The molecule has 0 amide bonds. The first kappa shape index (κ1) is 14.7. The van der Waals surface area contributed by atoms with E-state index in [2.05, 4.69) is 15.2 Å². The van der Waals surface area contributed by atoms with Gasteiger partial charge in [-0.3, -0.25) is 0 Å². The average molecular weight is 269 g/mol. The second-order valence-electron chi connectivity index (χ2n) is 3.98. The molecule has 0 unspecified atom stereocenters. The molecule has 0 aliphatic heterocycles. The number of pyridine rings is 1. The van der Waals surface area contributed by atoms with Gasteiger partial charge in [0, 0.05) is 19.3 Å². The number of aromatic nitrogens is 1. The lowest BCUT2D eigenvalue weighted by molar-refractivity contribution is 0.126. The zero-order chi connectivity index (χ0) is 13.4. The SMILES string of the molecule is CN(C)CCOCCNc1nccc(C#N)c1Cl. The maximum absolute atomic E-state index is 8.82. The number of ether oxygens (including phenoxy) is 1. The molecule has 0 aromatic carbocycles. The zero-order valence-electron chi connectivity index (χ0n) is 10.6. The minimum Gasteiger partial charge on any atom is -0.378 e. The van der Waals surface area contributed by atoms with Gasteiger partial charge in [-0.25, -0.2) is 4.98 Å². The Morgan fingerprint density at radius 2 is 2.28 bits per heavy atom. The van der Waals surface area contributed by atoms with E-state index in [1.807, 2.05) is 20.2 Å². The molecule has 0 spiro atoms. The lowest BCUT2D eigenvalue weighted by Crippen LogP contribution is -2.20. The highest BCUT2D eigenvalue weighted by atomic mass is 35.5. The van der Waals surface area contributed by atoms with Crippen LogP contribution in [0.5, 0.6) is 0 Å². The lowest BCUT2D eigenvalue weighted by Gasteiger charge is -2.11. The Bertz CT molecular complexity index is 417. The summed E-state index contributed by atoms with van der Waals surface area (Å²) < 4.78 is 5.42. The van der Waals surface area contributed by atoms with Crippen LogP contribution in [0.3, 0.4) is 0 Å². The van der Waals surface area contributed by atoms with E-state index in [0.717, 1.165) is 6.54 Å². The molecule has 0 radical (unpaired) electrons. The van der Waals surface area contributed by atoms with Crippen LogP contribution in [0.15, 0.2) is 12.3 Å². The molecule has 0 aliphatic rings. The van der Waals surface area contributed by atoms with Crippen LogP contribution in [-0.4, -0.2) is 50.3 Å². The summed E-state index contributed by atoms with van der Waals surface area (Å²) in [6, 6.07) is 3.59. The van der Waals surface area contributed by atoms with E-state index in [4.69, 9.17) is 21.6 Å². The summed E-state index contributed by atoms with van der Waals surface area (Å²) >= 11 is 6.00. The van der Waals surface area contributed by atoms with E-state index in [9.17, 15) is 0 Å². The largest absolute Gasteiger partial charge is 0.378 e. The maximum atomic E-state index is 8.82. The highest BCUT2D eigenvalue weighted by Crippen LogP contribution is 2.22. The molecule has 6 heteroatoms. The summed E-state index contributed by atoms with van der Waals surface area (Å²) in [5.41, 5.74) is 0.419. The van der Waals surface area contributed by atoms with E-state index in [1.54, 1.807) is 12.3 Å². The molecule has 0 aliphatic carbocycles. The highest BCUT2D eigenvalue weighted by molar-refractivity contribution is 6.34. The predicted octanol–water partition coefficient (Wildman–Crippen LogP) is 1.60. The normalized spacial score (nSPS) is 10.4. The summed E-state index contributed by atoms with van der Waals surface area (Å²) in [5, 5.41) is 12.2. The number of likely N-dealkylation sites (N-methyl/N-ethyl adjacent to an activating group) is 1. The molecule has 1 aromatic heterocycles. The second kappa shape index (κ2) is 7.88. The van der Waals surface area contributed by atoms with Crippen molar-refractivity contribution in [1.29, 1.82) is 5.26 Å². The molecule has 1 rings (SSSR count). The fourth-order valence-corrected chi connectivity index (χ4v) is 1.46. The van der Waals surface area contributed by atoms with Crippen LogP contribution in [-0.2, 0) is 4.74 Å². The van der Waals surface area contributed by atoms with Gasteiger partial charge in [0.15, 0.2) is 0 Å². The number of hydrogen-bond donors (Lipinski definition) is 1. The van der Waals surface area contributed by atoms with E-state index >= 15 is 0 Å². The third-order valence-electron chi connectivity index (χ3n) is 2.23. The molecule has 5 nitrogen and oxygen atoms in total. The van der Waals surface area contributed by atoms with Crippen molar-refractivity contribution in [2.24, 2.45) is 0 Å². The molecule has 1 aromatic rings. The summed E-state index contributed by atoms with van der Waals surface area (Å²) in [7, 11) is 4.00. The third kappa shape index (κ3) is 4.88. The fourth-order valence-electron chi connectivity index (χ4n) is 1.24. The molecular formula is C12H17ClN4O. The molecule has 1 N–H and O–H groups in total. The van der Waals surface area contributed by atoms with Crippen LogP contribution in [0.2, 0.25) is 5.02 Å². The number of halogens is 1. The van der Waals surface area contributed by atoms with Crippen LogP contribution in [0.4, 0.5) is 5.82 Å². The molecular weight excluding hydrogens is 252 g/mol. The Balaban J connectivity index is 2.30. The van der Waals surface area contributed by atoms with Crippen LogP contribution >= 0.6 is 11.6 Å². The van der Waals surface area contributed by atoms with E-state index in [1.165, 1.54) is 0 Å². The van der Waals surface area contributed by atoms with Crippen molar-refractivity contribution in [3.8, 4) is 6.07 Å². The molecule has 98 valence electrons. The molecule has 1 heterocycles. The number of rotatable bonds is 7. The van der Waals surface area contributed by atoms with Crippen molar-refractivity contribution in [2.45, 2.75) is 0 Å². The first-order chi connectivity index (χ1) is 8.65. The first-order valence-corrected chi connectivity index (χ1v) is 6.04. The molecule has 0 saturated carbocycles.